The van der Waals surface area contributed by atoms with Gasteiger partial charge in [-0.25, -0.2) is 0 Å². The number of furan rings is 1. The molecule has 1 N–H and O–H groups in total. The van der Waals surface area contributed by atoms with Crippen LogP contribution >= 0.6 is 0 Å². The number of aromatic nitrogens is 1. The predicted octanol–water partition coefficient (Wildman–Crippen LogP) is 1.62. The Bertz CT molecular complexity index is 436. The van der Waals surface area contributed by atoms with Crippen LogP contribution in [0.15, 0.2) is 33.6 Å². The molecule has 2 rings (SSSR count). The van der Waals surface area contributed by atoms with E-state index in [1.807, 2.05) is 26.2 Å². The highest BCUT2D eigenvalue weighted by Crippen LogP contribution is 2.09. The Labute approximate surface area is 100 Å². The quantitative estimate of drug-likeness (QED) is 0.824. The molecule has 5 nitrogen and oxygen atoms in total. The summed E-state index contributed by atoms with van der Waals surface area (Å²) in [5.41, 5.74) is 2.08. The lowest BCUT2D eigenvalue weighted by Gasteiger charge is -2.12. The maximum atomic E-state index is 5.25. The molecular formula is C12H17N3O2. The second-order valence-electron chi connectivity index (χ2n) is 4.12. The Kier molecular flexibility index (Phi) is 3.95. The van der Waals surface area contributed by atoms with Crippen LogP contribution in [-0.2, 0) is 19.6 Å². The van der Waals surface area contributed by atoms with Gasteiger partial charge in [0.25, 0.3) is 0 Å². The molecular weight excluding hydrogens is 218 g/mol. The Balaban J connectivity index is 1.86. The normalized spacial score (nSPS) is 11.2. The molecule has 0 radical (unpaired) electrons. The van der Waals surface area contributed by atoms with Gasteiger partial charge in [0.1, 0.15) is 0 Å². The molecule has 2 heterocycles. The first kappa shape index (κ1) is 11.9. The van der Waals surface area contributed by atoms with E-state index in [0.717, 1.165) is 36.7 Å². The maximum Gasteiger partial charge on any atom is 0.151 e. The molecule has 0 aliphatic heterocycles. The van der Waals surface area contributed by atoms with E-state index in [-0.39, 0.29) is 0 Å². The van der Waals surface area contributed by atoms with Crippen molar-refractivity contribution in [3.8, 4) is 0 Å². The first-order chi connectivity index (χ1) is 8.28. The minimum absolute atomic E-state index is 0.731. The fourth-order valence-corrected chi connectivity index (χ4v) is 1.71. The number of nitrogens with zero attached hydrogens (tertiary/aromatic N) is 2. The average Bonchev–Trinajstić information content (AvgIpc) is 2.91. The van der Waals surface area contributed by atoms with Crippen LogP contribution in [-0.4, -0.2) is 24.2 Å². The molecule has 0 fully saturated rings. The maximum absolute atomic E-state index is 5.25. The molecule has 0 unspecified atom stereocenters. The Hall–Kier alpha value is -1.59. The van der Waals surface area contributed by atoms with Gasteiger partial charge in [0.05, 0.1) is 24.8 Å². The summed E-state index contributed by atoms with van der Waals surface area (Å²) in [5.74, 6) is 0.876. The molecule has 0 aromatic carbocycles. The summed E-state index contributed by atoms with van der Waals surface area (Å²) in [4.78, 5) is 2.15. The van der Waals surface area contributed by atoms with Gasteiger partial charge in [-0.3, -0.25) is 4.90 Å². The number of hydrogen-bond acceptors (Lipinski definition) is 5. The van der Waals surface area contributed by atoms with Crippen LogP contribution in [0.4, 0.5) is 0 Å². The second kappa shape index (κ2) is 5.65. The highest BCUT2D eigenvalue weighted by Gasteiger charge is 2.07. The van der Waals surface area contributed by atoms with Gasteiger partial charge in [-0.15, -0.1) is 0 Å². The van der Waals surface area contributed by atoms with E-state index >= 15 is 0 Å². The van der Waals surface area contributed by atoms with Gasteiger partial charge >= 0.3 is 0 Å². The molecule has 2 aromatic heterocycles. The number of hydrogen-bond donors (Lipinski definition) is 1. The molecule has 0 aliphatic carbocycles. The van der Waals surface area contributed by atoms with Crippen LogP contribution in [0.1, 0.15) is 17.0 Å². The topological polar surface area (TPSA) is 54.4 Å². The Morgan fingerprint density at radius 3 is 3.00 bits per heavy atom. The third-order valence-electron chi connectivity index (χ3n) is 2.42. The highest BCUT2D eigenvalue weighted by atomic mass is 16.5. The molecule has 2 aromatic rings. The van der Waals surface area contributed by atoms with Crippen LogP contribution in [0.3, 0.4) is 0 Å². The molecule has 92 valence electrons. The van der Waals surface area contributed by atoms with Crippen molar-refractivity contribution in [1.82, 2.24) is 15.4 Å². The summed E-state index contributed by atoms with van der Waals surface area (Å²) in [5, 5.41) is 7.01. The van der Waals surface area contributed by atoms with E-state index in [1.165, 1.54) is 0 Å². The third kappa shape index (κ3) is 3.44. The van der Waals surface area contributed by atoms with Crippen molar-refractivity contribution in [2.24, 2.45) is 0 Å². The van der Waals surface area contributed by atoms with Crippen molar-refractivity contribution in [2.45, 2.75) is 19.6 Å². The van der Waals surface area contributed by atoms with Crippen molar-refractivity contribution in [3.63, 3.8) is 0 Å². The van der Waals surface area contributed by atoms with E-state index < -0.39 is 0 Å². The molecule has 0 saturated heterocycles. The largest absolute Gasteiger partial charge is 0.472 e. The van der Waals surface area contributed by atoms with Gasteiger partial charge in [-0.1, -0.05) is 5.16 Å². The molecule has 0 aliphatic rings. The minimum Gasteiger partial charge on any atom is -0.472 e. The zero-order valence-corrected chi connectivity index (χ0v) is 10.1. The van der Waals surface area contributed by atoms with Gasteiger partial charge < -0.3 is 14.3 Å². The fourth-order valence-electron chi connectivity index (χ4n) is 1.71. The van der Waals surface area contributed by atoms with E-state index in [1.54, 1.807) is 12.5 Å². The summed E-state index contributed by atoms with van der Waals surface area (Å²) in [6, 6.07) is 3.94. The lowest BCUT2D eigenvalue weighted by molar-refractivity contribution is 0.265. The number of nitrogens with one attached hydrogen (secondary N) is 1. The van der Waals surface area contributed by atoms with Crippen molar-refractivity contribution >= 4 is 0 Å². The number of rotatable bonds is 6. The zero-order valence-electron chi connectivity index (χ0n) is 10.1. The van der Waals surface area contributed by atoms with Gasteiger partial charge in [-0.2, -0.15) is 0 Å². The van der Waals surface area contributed by atoms with E-state index in [0.29, 0.717) is 0 Å². The van der Waals surface area contributed by atoms with E-state index in [9.17, 15) is 0 Å². The Morgan fingerprint density at radius 1 is 1.41 bits per heavy atom. The molecule has 0 saturated carbocycles. The first-order valence-corrected chi connectivity index (χ1v) is 5.56. The van der Waals surface area contributed by atoms with Crippen LogP contribution in [0, 0.1) is 0 Å². The molecule has 5 heteroatoms. The average molecular weight is 235 g/mol. The summed E-state index contributed by atoms with van der Waals surface area (Å²) < 4.78 is 10.3. The molecule has 0 atom stereocenters. The highest BCUT2D eigenvalue weighted by molar-refractivity contribution is 5.07. The first-order valence-electron chi connectivity index (χ1n) is 5.56. The van der Waals surface area contributed by atoms with Crippen LogP contribution < -0.4 is 5.32 Å². The lowest BCUT2D eigenvalue weighted by Crippen LogP contribution is -2.16. The third-order valence-corrected chi connectivity index (χ3v) is 2.42. The molecule has 0 bridgehead atoms. The van der Waals surface area contributed by atoms with Gasteiger partial charge in [0.15, 0.2) is 5.76 Å². The van der Waals surface area contributed by atoms with Crippen molar-refractivity contribution in [2.75, 3.05) is 14.1 Å². The van der Waals surface area contributed by atoms with Crippen molar-refractivity contribution in [3.05, 3.63) is 41.7 Å². The smallest absolute Gasteiger partial charge is 0.151 e. The molecule has 0 amide bonds. The standard InChI is InChI=1S/C12H17N3O2/c1-13-6-11-5-12(17-14-11)8-15(2)7-10-3-4-16-9-10/h3-5,9,13H,6-8H2,1-2H3. The SMILES string of the molecule is CNCc1cc(CN(C)Cc2ccoc2)on1. The second-order valence-corrected chi connectivity index (χ2v) is 4.12. The summed E-state index contributed by atoms with van der Waals surface area (Å²) in [7, 11) is 3.92. The van der Waals surface area contributed by atoms with Gasteiger partial charge in [0.2, 0.25) is 0 Å². The van der Waals surface area contributed by atoms with Gasteiger partial charge in [-0.05, 0) is 20.2 Å². The van der Waals surface area contributed by atoms with Crippen LogP contribution in [0.25, 0.3) is 0 Å². The predicted molar refractivity (Wildman–Crippen MR) is 63.1 cm³/mol. The fraction of sp³-hybridized carbons (Fsp3) is 0.417. The summed E-state index contributed by atoms with van der Waals surface area (Å²) in [6.07, 6.45) is 3.44. The minimum atomic E-state index is 0.731. The van der Waals surface area contributed by atoms with E-state index in [2.05, 4.69) is 15.4 Å². The van der Waals surface area contributed by atoms with Crippen molar-refractivity contribution in [1.29, 1.82) is 0 Å². The molecule has 17 heavy (non-hydrogen) atoms. The Morgan fingerprint density at radius 2 is 2.29 bits per heavy atom. The van der Waals surface area contributed by atoms with E-state index in [4.69, 9.17) is 8.94 Å². The van der Waals surface area contributed by atoms with Crippen LogP contribution in [0.5, 0.6) is 0 Å². The summed E-state index contributed by atoms with van der Waals surface area (Å²) in [6.45, 7) is 2.30. The zero-order chi connectivity index (χ0) is 12.1. The summed E-state index contributed by atoms with van der Waals surface area (Å²) >= 11 is 0. The lowest BCUT2D eigenvalue weighted by atomic mass is 10.3. The van der Waals surface area contributed by atoms with Gasteiger partial charge in [0, 0.05) is 24.7 Å². The molecule has 0 spiro atoms. The van der Waals surface area contributed by atoms with Crippen LogP contribution in [0.2, 0.25) is 0 Å². The monoisotopic (exact) mass is 235 g/mol. The van der Waals surface area contributed by atoms with Crippen molar-refractivity contribution < 1.29 is 8.94 Å².